The molecule has 2 heteroatoms. The number of carbonyl (C=O) groups excluding carboxylic acids is 1. The monoisotopic (exact) mass is 256 g/mol. The zero-order chi connectivity index (χ0) is 13.9. The van der Waals surface area contributed by atoms with Gasteiger partial charge in [0.15, 0.2) is 0 Å². The van der Waals surface area contributed by atoms with Crippen LogP contribution in [0, 0.1) is 11.3 Å². The van der Waals surface area contributed by atoms with Crippen molar-refractivity contribution in [3.8, 4) is 0 Å². The SMILES string of the molecule is C=CC[C@]1(C)C(=O)OC[C@H]1[C@H](C=C)c1ccccc1. The highest BCUT2D eigenvalue weighted by molar-refractivity contribution is 5.79. The van der Waals surface area contributed by atoms with Gasteiger partial charge in [-0.1, -0.05) is 42.5 Å². The van der Waals surface area contributed by atoms with Crippen molar-refractivity contribution < 1.29 is 9.53 Å². The summed E-state index contributed by atoms with van der Waals surface area (Å²) in [5, 5.41) is 0. The number of ether oxygens (including phenoxy) is 1. The second-order valence-electron chi connectivity index (χ2n) is 5.29. The van der Waals surface area contributed by atoms with E-state index >= 15 is 0 Å². The van der Waals surface area contributed by atoms with E-state index in [-0.39, 0.29) is 17.8 Å². The minimum absolute atomic E-state index is 0.109. The molecular formula is C17H20O2. The number of hydrogen-bond donors (Lipinski definition) is 0. The third-order valence-electron chi connectivity index (χ3n) is 4.12. The molecule has 0 amide bonds. The van der Waals surface area contributed by atoms with Crippen LogP contribution in [0.4, 0.5) is 0 Å². The van der Waals surface area contributed by atoms with Gasteiger partial charge >= 0.3 is 5.97 Å². The third kappa shape index (κ3) is 2.35. The molecule has 0 unspecified atom stereocenters. The molecule has 0 spiro atoms. The van der Waals surface area contributed by atoms with Gasteiger partial charge in [-0.15, -0.1) is 13.2 Å². The van der Waals surface area contributed by atoms with Crippen LogP contribution in [-0.4, -0.2) is 12.6 Å². The lowest BCUT2D eigenvalue weighted by atomic mass is 9.68. The number of rotatable bonds is 5. The molecule has 0 radical (unpaired) electrons. The van der Waals surface area contributed by atoms with Crippen LogP contribution in [0.25, 0.3) is 0 Å². The molecule has 1 saturated heterocycles. The van der Waals surface area contributed by atoms with Crippen molar-refractivity contribution in [2.24, 2.45) is 11.3 Å². The molecule has 100 valence electrons. The molecule has 0 aromatic heterocycles. The number of cyclic esters (lactones) is 1. The molecule has 1 fully saturated rings. The van der Waals surface area contributed by atoms with E-state index in [9.17, 15) is 4.79 Å². The molecule has 0 bridgehead atoms. The van der Waals surface area contributed by atoms with Crippen LogP contribution in [0.1, 0.15) is 24.8 Å². The molecule has 1 aromatic rings. The summed E-state index contributed by atoms with van der Waals surface area (Å²) in [6.07, 6.45) is 4.35. The first-order valence-electron chi connectivity index (χ1n) is 6.59. The van der Waals surface area contributed by atoms with Gasteiger partial charge in [0.05, 0.1) is 12.0 Å². The Bertz CT molecular complexity index is 477. The number of allylic oxidation sites excluding steroid dienone is 2. The molecule has 1 aliphatic rings. The van der Waals surface area contributed by atoms with Crippen molar-refractivity contribution >= 4 is 5.97 Å². The average molecular weight is 256 g/mol. The first-order valence-corrected chi connectivity index (χ1v) is 6.59. The van der Waals surface area contributed by atoms with Gasteiger partial charge in [-0.2, -0.15) is 0 Å². The van der Waals surface area contributed by atoms with Gasteiger partial charge < -0.3 is 4.74 Å². The summed E-state index contributed by atoms with van der Waals surface area (Å²) in [5.74, 6) is 0.107. The summed E-state index contributed by atoms with van der Waals surface area (Å²) >= 11 is 0. The molecule has 1 heterocycles. The van der Waals surface area contributed by atoms with Gasteiger partial charge in [0.2, 0.25) is 0 Å². The molecule has 0 N–H and O–H groups in total. The molecule has 2 rings (SSSR count). The van der Waals surface area contributed by atoms with Gasteiger partial charge in [-0.3, -0.25) is 4.79 Å². The highest BCUT2D eigenvalue weighted by Crippen LogP contribution is 2.46. The molecule has 0 aliphatic carbocycles. The number of carbonyl (C=O) groups is 1. The minimum Gasteiger partial charge on any atom is -0.465 e. The standard InChI is InChI=1S/C17H20O2/c1-4-11-17(3)15(12-19-16(17)18)14(5-2)13-9-7-6-8-10-13/h4-10,14-15H,1-2,11-12H2,3H3/t14-,15+,17+/m1/s1. The molecule has 19 heavy (non-hydrogen) atoms. The Labute approximate surface area is 114 Å². The Balaban J connectivity index is 2.35. The van der Waals surface area contributed by atoms with Crippen LogP contribution in [0.5, 0.6) is 0 Å². The van der Waals surface area contributed by atoms with Gasteiger partial charge in [-0.25, -0.2) is 0 Å². The summed E-state index contributed by atoms with van der Waals surface area (Å²) < 4.78 is 5.30. The smallest absolute Gasteiger partial charge is 0.312 e. The van der Waals surface area contributed by atoms with E-state index < -0.39 is 5.41 Å². The van der Waals surface area contributed by atoms with E-state index in [1.54, 1.807) is 6.08 Å². The largest absolute Gasteiger partial charge is 0.465 e. The van der Waals surface area contributed by atoms with Gasteiger partial charge in [0.25, 0.3) is 0 Å². The second kappa shape index (κ2) is 5.43. The minimum atomic E-state index is -0.504. The number of esters is 1. The second-order valence-corrected chi connectivity index (χ2v) is 5.29. The average Bonchev–Trinajstić information content (AvgIpc) is 2.70. The quantitative estimate of drug-likeness (QED) is 0.593. The van der Waals surface area contributed by atoms with Crippen LogP contribution in [0.15, 0.2) is 55.6 Å². The van der Waals surface area contributed by atoms with Crippen molar-refractivity contribution in [2.75, 3.05) is 6.61 Å². The zero-order valence-electron chi connectivity index (χ0n) is 11.3. The Morgan fingerprint density at radius 2 is 2.11 bits per heavy atom. The van der Waals surface area contributed by atoms with Crippen LogP contribution in [0.2, 0.25) is 0 Å². The van der Waals surface area contributed by atoms with E-state index in [1.807, 2.05) is 31.2 Å². The van der Waals surface area contributed by atoms with Crippen molar-refractivity contribution in [1.29, 1.82) is 0 Å². The number of benzene rings is 1. The summed E-state index contributed by atoms with van der Waals surface area (Å²) in [4.78, 5) is 12.0. The topological polar surface area (TPSA) is 26.3 Å². The predicted octanol–water partition coefficient (Wildman–Crippen LogP) is 3.71. The van der Waals surface area contributed by atoms with Gasteiger partial charge in [0, 0.05) is 11.8 Å². The van der Waals surface area contributed by atoms with Crippen molar-refractivity contribution in [2.45, 2.75) is 19.3 Å². The summed E-state index contributed by atoms with van der Waals surface area (Å²) in [6.45, 7) is 10.1. The summed E-state index contributed by atoms with van der Waals surface area (Å²) in [6, 6.07) is 10.2. The maximum absolute atomic E-state index is 12.0. The van der Waals surface area contributed by atoms with Crippen molar-refractivity contribution in [1.82, 2.24) is 0 Å². The van der Waals surface area contributed by atoms with Gasteiger partial charge in [0.1, 0.15) is 0 Å². The van der Waals surface area contributed by atoms with Crippen LogP contribution in [-0.2, 0) is 9.53 Å². The normalized spacial score (nSPS) is 27.6. The molecule has 2 nitrogen and oxygen atoms in total. The fourth-order valence-corrected chi connectivity index (χ4v) is 2.91. The Morgan fingerprint density at radius 3 is 2.68 bits per heavy atom. The molecule has 1 aromatic carbocycles. The van der Waals surface area contributed by atoms with E-state index in [0.29, 0.717) is 13.0 Å². The lowest BCUT2D eigenvalue weighted by molar-refractivity contribution is -0.145. The van der Waals surface area contributed by atoms with E-state index in [0.717, 1.165) is 0 Å². The van der Waals surface area contributed by atoms with E-state index in [2.05, 4.69) is 25.3 Å². The zero-order valence-corrected chi connectivity index (χ0v) is 11.3. The van der Waals surface area contributed by atoms with E-state index in [1.165, 1.54) is 5.56 Å². The van der Waals surface area contributed by atoms with Crippen molar-refractivity contribution in [3.63, 3.8) is 0 Å². The summed E-state index contributed by atoms with van der Waals surface area (Å²) in [7, 11) is 0. The lowest BCUT2D eigenvalue weighted by Crippen LogP contribution is -2.32. The highest BCUT2D eigenvalue weighted by Gasteiger charge is 2.50. The Hall–Kier alpha value is -1.83. The van der Waals surface area contributed by atoms with Crippen LogP contribution >= 0.6 is 0 Å². The fraction of sp³-hybridized carbons (Fsp3) is 0.353. The number of hydrogen-bond acceptors (Lipinski definition) is 2. The van der Waals surface area contributed by atoms with Crippen LogP contribution < -0.4 is 0 Å². The van der Waals surface area contributed by atoms with Crippen molar-refractivity contribution in [3.05, 3.63) is 61.2 Å². The predicted molar refractivity (Wildman–Crippen MR) is 76.8 cm³/mol. The maximum Gasteiger partial charge on any atom is 0.312 e. The van der Waals surface area contributed by atoms with Crippen LogP contribution in [0.3, 0.4) is 0 Å². The highest BCUT2D eigenvalue weighted by atomic mass is 16.5. The van der Waals surface area contributed by atoms with Gasteiger partial charge in [-0.05, 0) is 18.9 Å². The Morgan fingerprint density at radius 1 is 1.42 bits per heavy atom. The first kappa shape index (κ1) is 13.6. The fourth-order valence-electron chi connectivity index (χ4n) is 2.91. The molecule has 0 saturated carbocycles. The molecule has 1 aliphatic heterocycles. The molecular weight excluding hydrogens is 236 g/mol. The Kier molecular flexibility index (Phi) is 3.89. The van der Waals surface area contributed by atoms with E-state index in [4.69, 9.17) is 4.74 Å². The maximum atomic E-state index is 12.0. The lowest BCUT2D eigenvalue weighted by Gasteiger charge is -2.30. The molecule has 3 atom stereocenters. The third-order valence-corrected chi connectivity index (χ3v) is 4.12. The summed E-state index contributed by atoms with van der Waals surface area (Å²) in [5.41, 5.74) is 0.673. The first-order chi connectivity index (χ1) is 9.13.